The first-order chi connectivity index (χ1) is 9.11. The van der Waals surface area contributed by atoms with Gasteiger partial charge in [-0.15, -0.1) is 0 Å². The molecule has 3 rings (SSSR count). The lowest BCUT2D eigenvalue weighted by molar-refractivity contribution is 0.0594. The van der Waals surface area contributed by atoms with Crippen LogP contribution in [0.5, 0.6) is 0 Å². The minimum Gasteiger partial charge on any atom is -0.464 e. The quantitative estimate of drug-likeness (QED) is 0.652. The monoisotopic (exact) mass is 257 g/mol. The Balaban J connectivity index is 2.43. The Morgan fingerprint density at radius 2 is 2.11 bits per heavy atom. The number of carbonyl (C=O) groups excluding carboxylic acids is 1. The average molecular weight is 257 g/mol. The fourth-order valence-corrected chi connectivity index (χ4v) is 2.04. The van der Waals surface area contributed by atoms with Crippen LogP contribution in [0.4, 0.5) is 5.82 Å². The molecule has 0 aliphatic rings. The van der Waals surface area contributed by atoms with E-state index < -0.39 is 5.97 Å². The minimum absolute atomic E-state index is 0.218. The van der Waals surface area contributed by atoms with Gasteiger partial charge in [0.2, 0.25) is 0 Å². The zero-order valence-corrected chi connectivity index (χ0v) is 10.4. The van der Waals surface area contributed by atoms with E-state index in [2.05, 4.69) is 19.7 Å². The van der Waals surface area contributed by atoms with Crippen molar-refractivity contribution in [1.29, 1.82) is 0 Å². The summed E-state index contributed by atoms with van der Waals surface area (Å²) in [5, 5.41) is 0. The highest BCUT2D eigenvalue weighted by Crippen LogP contribution is 2.21. The van der Waals surface area contributed by atoms with Crippen LogP contribution in [-0.4, -0.2) is 32.4 Å². The van der Waals surface area contributed by atoms with Crippen molar-refractivity contribution in [3.05, 3.63) is 30.0 Å². The van der Waals surface area contributed by atoms with Crippen LogP contribution in [0.2, 0.25) is 0 Å². The first-order valence-electron chi connectivity index (χ1n) is 5.59. The molecule has 0 aliphatic heterocycles. The maximum atomic E-state index is 11.5. The van der Waals surface area contributed by atoms with Crippen LogP contribution in [0.25, 0.3) is 16.6 Å². The first kappa shape index (κ1) is 11.4. The lowest BCUT2D eigenvalue weighted by atomic mass is 10.3. The number of hydrogen-bond acceptors (Lipinski definition) is 6. The van der Waals surface area contributed by atoms with Crippen LogP contribution >= 0.6 is 0 Å². The van der Waals surface area contributed by atoms with Gasteiger partial charge in [0, 0.05) is 0 Å². The van der Waals surface area contributed by atoms with E-state index in [-0.39, 0.29) is 5.69 Å². The molecule has 3 aromatic rings. The van der Waals surface area contributed by atoms with Crippen molar-refractivity contribution in [3.8, 4) is 0 Å². The number of nitrogen functional groups attached to an aromatic ring is 1. The lowest BCUT2D eigenvalue weighted by Gasteiger charge is -2.06. The third-order valence-corrected chi connectivity index (χ3v) is 2.94. The van der Waals surface area contributed by atoms with Crippen LogP contribution in [-0.2, 0) is 4.74 Å². The molecule has 0 fully saturated rings. The molecule has 0 amide bonds. The number of aryl methyl sites for hydroxylation is 1. The maximum absolute atomic E-state index is 11.5. The molecular formula is C12H11N5O2. The summed E-state index contributed by atoms with van der Waals surface area (Å²) in [5.41, 5.74) is 8.10. The van der Waals surface area contributed by atoms with Crippen LogP contribution < -0.4 is 5.73 Å². The lowest BCUT2D eigenvalue weighted by Crippen LogP contribution is -2.06. The van der Waals surface area contributed by atoms with Crippen molar-refractivity contribution in [3.63, 3.8) is 0 Å². The van der Waals surface area contributed by atoms with Gasteiger partial charge in [0.05, 0.1) is 25.0 Å². The Morgan fingerprint density at radius 1 is 1.32 bits per heavy atom. The van der Waals surface area contributed by atoms with Gasteiger partial charge in [0.15, 0.2) is 5.69 Å². The van der Waals surface area contributed by atoms with Crippen molar-refractivity contribution in [1.82, 2.24) is 19.4 Å². The Bertz CT molecular complexity index is 809. The summed E-state index contributed by atoms with van der Waals surface area (Å²) in [7, 11) is 1.31. The molecule has 0 unspecified atom stereocenters. The average Bonchev–Trinajstić information content (AvgIpc) is 2.81. The summed E-state index contributed by atoms with van der Waals surface area (Å²) < 4.78 is 6.50. The van der Waals surface area contributed by atoms with Crippen molar-refractivity contribution in [2.45, 2.75) is 6.92 Å². The van der Waals surface area contributed by atoms with E-state index in [1.807, 2.05) is 11.3 Å². The van der Waals surface area contributed by atoms with Gasteiger partial charge in [-0.05, 0) is 13.0 Å². The van der Waals surface area contributed by atoms with Crippen LogP contribution in [0.15, 0.2) is 18.5 Å². The standard InChI is InChI=1S/C12H11N5O2/c1-6-14-5-10-11(13)16-8-4-15-7(12(18)19-2)3-9(8)17(6)10/h3-5H,1-2H3,(H2,13,16). The molecule has 19 heavy (non-hydrogen) atoms. The van der Waals surface area contributed by atoms with Gasteiger partial charge < -0.3 is 10.5 Å². The summed E-state index contributed by atoms with van der Waals surface area (Å²) in [6, 6.07) is 1.62. The molecule has 3 aromatic heterocycles. The van der Waals surface area contributed by atoms with E-state index in [0.29, 0.717) is 16.9 Å². The highest BCUT2D eigenvalue weighted by atomic mass is 16.5. The van der Waals surface area contributed by atoms with Crippen molar-refractivity contribution < 1.29 is 9.53 Å². The van der Waals surface area contributed by atoms with Gasteiger partial charge >= 0.3 is 5.97 Å². The molecule has 2 N–H and O–H groups in total. The number of esters is 1. The number of methoxy groups -OCH3 is 1. The summed E-state index contributed by atoms with van der Waals surface area (Å²) >= 11 is 0. The molecule has 7 heteroatoms. The molecule has 0 saturated carbocycles. The predicted molar refractivity (Wildman–Crippen MR) is 68.8 cm³/mol. The molecule has 0 atom stereocenters. The second-order valence-corrected chi connectivity index (χ2v) is 4.07. The third-order valence-electron chi connectivity index (χ3n) is 2.94. The summed E-state index contributed by atoms with van der Waals surface area (Å²) in [6.45, 7) is 1.85. The van der Waals surface area contributed by atoms with E-state index in [4.69, 9.17) is 5.73 Å². The van der Waals surface area contributed by atoms with Gasteiger partial charge in [-0.25, -0.2) is 19.7 Å². The second-order valence-electron chi connectivity index (χ2n) is 4.07. The molecule has 0 spiro atoms. The molecule has 0 radical (unpaired) electrons. The number of nitrogens with two attached hydrogens (primary N) is 1. The van der Waals surface area contributed by atoms with Crippen LogP contribution in [0, 0.1) is 6.92 Å². The smallest absolute Gasteiger partial charge is 0.356 e. The molecule has 3 heterocycles. The van der Waals surface area contributed by atoms with Gasteiger partial charge in [0.1, 0.15) is 22.7 Å². The second kappa shape index (κ2) is 3.91. The predicted octanol–water partition coefficient (Wildman–Crippen LogP) is 0.955. The number of imidazole rings is 1. The Labute approximate surface area is 108 Å². The molecule has 0 bridgehead atoms. The van der Waals surface area contributed by atoms with E-state index in [1.165, 1.54) is 13.3 Å². The van der Waals surface area contributed by atoms with Gasteiger partial charge in [0.25, 0.3) is 0 Å². The molecular weight excluding hydrogens is 246 g/mol. The van der Waals surface area contributed by atoms with E-state index in [1.54, 1.807) is 12.3 Å². The SMILES string of the molecule is COC(=O)c1cc2c(cn1)nc(N)c1cnc(C)n12. The van der Waals surface area contributed by atoms with Gasteiger partial charge in [-0.3, -0.25) is 4.40 Å². The largest absolute Gasteiger partial charge is 0.464 e. The number of anilines is 1. The molecule has 0 saturated heterocycles. The fourth-order valence-electron chi connectivity index (χ4n) is 2.04. The number of ether oxygens (including phenoxy) is 1. The normalized spacial score (nSPS) is 11.1. The molecule has 7 nitrogen and oxygen atoms in total. The summed E-state index contributed by atoms with van der Waals surface area (Å²) in [4.78, 5) is 24.0. The van der Waals surface area contributed by atoms with E-state index >= 15 is 0 Å². The number of hydrogen-bond donors (Lipinski definition) is 1. The minimum atomic E-state index is -0.496. The molecule has 0 aliphatic carbocycles. The van der Waals surface area contributed by atoms with Crippen molar-refractivity contribution in [2.24, 2.45) is 0 Å². The topological polar surface area (TPSA) is 95.4 Å². The van der Waals surface area contributed by atoms with E-state index in [0.717, 1.165) is 11.3 Å². The van der Waals surface area contributed by atoms with Gasteiger partial charge in [-0.2, -0.15) is 0 Å². The molecule has 96 valence electrons. The number of fused-ring (bicyclic) bond motifs is 3. The summed E-state index contributed by atoms with van der Waals surface area (Å²) in [6.07, 6.45) is 3.15. The number of pyridine rings is 1. The first-order valence-corrected chi connectivity index (χ1v) is 5.59. The number of carbonyl (C=O) groups is 1. The van der Waals surface area contributed by atoms with Crippen LogP contribution in [0.1, 0.15) is 16.3 Å². The molecule has 0 aromatic carbocycles. The van der Waals surface area contributed by atoms with Crippen molar-refractivity contribution in [2.75, 3.05) is 12.8 Å². The fraction of sp³-hybridized carbons (Fsp3) is 0.167. The Morgan fingerprint density at radius 3 is 2.84 bits per heavy atom. The zero-order valence-electron chi connectivity index (χ0n) is 10.4. The Hall–Kier alpha value is -2.70. The number of rotatable bonds is 1. The highest BCUT2D eigenvalue weighted by Gasteiger charge is 2.13. The highest BCUT2D eigenvalue weighted by molar-refractivity contribution is 5.92. The van der Waals surface area contributed by atoms with Crippen LogP contribution in [0.3, 0.4) is 0 Å². The van der Waals surface area contributed by atoms with E-state index in [9.17, 15) is 4.79 Å². The number of nitrogens with zero attached hydrogens (tertiary/aromatic N) is 4. The Kier molecular flexibility index (Phi) is 2.34. The number of aromatic nitrogens is 4. The summed E-state index contributed by atoms with van der Waals surface area (Å²) in [5.74, 6) is 0.640. The van der Waals surface area contributed by atoms with Crippen molar-refractivity contribution >= 4 is 28.3 Å². The zero-order chi connectivity index (χ0) is 13.6. The third kappa shape index (κ3) is 1.59. The van der Waals surface area contributed by atoms with Gasteiger partial charge in [-0.1, -0.05) is 0 Å². The maximum Gasteiger partial charge on any atom is 0.356 e.